The zero-order valence-electron chi connectivity index (χ0n) is 25.5. The van der Waals surface area contributed by atoms with Crippen LogP contribution in [0.25, 0.3) is 5.57 Å². The lowest BCUT2D eigenvalue weighted by Crippen LogP contribution is -2.67. The zero-order valence-corrected chi connectivity index (χ0v) is 25.5. The first-order valence-electron chi connectivity index (χ1n) is 15.4. The molecule has 0 radical (unpaired) electrons. The van der Waals surface area contributed by atoms with E-state index in [2.05, 4.69) is 27.9 Å². The fourth-order valence-corrected chi connectivity index (χ4v) is 8.30. The molecule has 4 N–H and O–H groups in total. The van der Waals surface area contributed by atoms with Crippen molar-refractivity contribution >= 4 is 23.5 Å². The van der Waals surface area contributed by atoms with Crippen LogP contribution in [0.3, 0.4) is 0 Å². The minimum atomic E-state index is -0.683. The van der Waals surface area contributed by atoms with Gasteiger partial charge in [-0.25, -0.2) is 19.6 Å². The second-order valence-corrected chi connectivity index (χ2v) is 13.0. The largest absolute Gasteiger partial charge is 0.462 e. The van der Waals surface area contributed by atoms with Gasteiger partial charge in [-0.15, -0.1) is 0 Å². The summed E-state index contributed by atoms with van der Waals surface area (Å²) < 4.78 is 22.9. The van der Waals surface area contributed by atoms with Crippen LogP contribution in [0.5, 0.6) is 0 Å². The monoisotopic (exact) mass is 610 g/mol. The van der Waals surface area contributed by atoms with E-state index in [4.69, 9.17) is 24.7 Å². The zero-order chi connectivity index (χ0) is 31.3. The number of cyclic esters (lactones) is 1. The van der Waals surface area contributed by atoms with Crippen molar-refractivity contribution in [2.75, 3.05) is 51.9 Å². The molecule has 1 aromatic heterocycles. The number of fused-ring (bicyclic) bond motifs is 1. The highest BCUT2D eigenvalue weighted by molar-refractivity contribution is 6.18. The summed E-state index contributed by atoms with van der Waals surface area (Å²) in [6, 6.07) is 0.0659. The summed E-state index contributed by atoms with van der Waals surface area (Å²) >= 11 is 0. The Balaban J connectivity index is 1.40. The molecule has 2 saturated carbocycles. The van der Waals surface area contributed by atoms with E-state index in [1.165, 1.54) is 18.5 Å². The molecule has 4 fully saturated rings. The fraction of sp³-hybridized carbons (Fsp3) is 0.625. The van der Waals surface area contributed by atoms with Gasteiger partial charge < -0.3 is 34.9 Å². The van der Waals surface area contributed by atoms with Crippen LogP contribution in [0.2, 0.25) is 0 Å². The highest BCUT2D eigenvalue weighted by Crippen LogP contribution is 2.66. The van der Waals surface area contributed by atoms with Gasteiger partial charge in [0.05, 0.1) is 44.7 Å². The lowest BCUT2D eigenvalue weighted by atomic mass is 9.44. The first kappa shape index (κ1) is 30.8. The van der Waals surface area contributed by atoms with Crippen LogP contribution >= 0.6 is 0 Å². The quantitative estimate of drug-likeness (QED) is 0.232. The number of rotatable bonds is 7. The van der Waals surface area contributed by atoms with E-state index >= 15 is 0 Å². The Bertz CT molecular complexity index is 1380. The molecular formula is C32H42N4O8. The third-order valence-corrected chi connectivity index (χ3v) is 10.8. The highest BCUT2D eigenvalue weighted by Gasteiger charge is 2.71. The molecule has 12 nitrogen and oxygen atoms in total. The number of hydrogen-bond acceptors (Lipinski definition) is 12. The lowest BCUT2D eigenvalue weighted by molar-refractivity contribution is -0.186. The van der Waals surface area contributed by atoms with Crippen LogP contribution in [0.4, 0.5) is 5.95 Å². The van der Waals surface area contributed by atoms with Crippen molar-refractivity contribution in [2.24, 2.45) is 22.7 Å². The Morgan fingerprint density at radius 1 is 1.25 bits per heavy atom. The van der Waals surface area contributed by atoms with Crippen LogP contribution in [-0.2, 0) is 28.5 Å². The van der Waals surface area contributed by atoms with Crippen molar-refractivity contribution in [3.05, 3.63) is 47.5 Å². The second-order valence-electron chi connectivity index (χ2n) is 13.0. The van der Waals surface area contributed by atoms with Gasteiger partial charge in [0.2, 0.25) is 5.95 Å². The molecule has 6 rings (SSSR count). The number of nitrogens with two attached hydrogens (primary N) is 1. The number of anilines is 1. The number of hydrogen-bond donors (Lipinski definition) is 3. The number of aliphatic hydroxyl groups excluding tert-OH is 2. The number of aromatic nitrogens is 2. The van der Waals surface area contributed by atoms with Gasteiger partial charge >= 0.3 is 11.9 Å². The van der Waals surface area contributed by atoms with Gasteiger partial charge in [-0.1, -0.05) is 26.0 Å². The topological polar surface area (TPSA) is 170 Å². The maximum atomic E-state index is 13.2. The summed E-state index contributed by atoms with van der Waals surface area (Å²) in [6.45, 7) is 9.37. The minimum absolute atomic E-state index is 0.00182. The molecule has 5 aliphatic rings. The number of allylic oxidation sites excluding steroid dienone is 1. The van der Waals surface area contributed by atoms with Crippen molar-refractivity contribution < 1.29 is 38.7 Å². The summed E-state index contributed by atoms with van der Waals surface area (Å²) in [5.74, 6) is -1.29. The summed E-state index contributed by atoms with van der Waals surface area (Å²) in [4.78, 5) is 36.5. The van der Waals surface area contributed by atoms with Gasteiger partial charge in [0.25, 0.3) is 0 Å². The number of morpholine rings is 1. The van der Waals surface area contributed by atoms with Crippen molar-refractivity contribution in [1.82, 2.24) is 14.9 Å². The van der Waals surface area contributed by atoms with Crippen LogP contribution in [0.15, 0.2) is 42.0 Å². The number of aliphatic hydroxyl groups is 2. The first-order chi connectivity index (χ1) is 21.1. The van der Waals surface area contributed by atoms with Gasteiger partial charge in [0.15, 0.2) is 0 Å². The van der Waals surface area contributed by atoms with Crippen LogP contribution in [-0.4, -0.2) is 101 Å². The normalized spacial score (nSPS) is 38.3. The fourth-order valence-electron chi connectivity index (χ4n) is 8.30. The number of carbonyl (C=O) groups excluding carboxylic acids is 2. The molecule has 0 bridgehead atoms. The summed E-state index contributed by atoms with van der Waals surface area (Å²) in [5.41, 5.74) is 4.80. The van der Waals surface area contributed by atoms with Crippen molar-refractivity contribution in [3.8, 4) is 0 Å². The molecule has 2 aliphatic carbocycles. The van der Waals surface area contributed by atoms with E-state index in [1.807, 2.05) is 6.92 Å². The van der Waals surface area contributed by atoms with Gasteiger partial charge in [-0.2, -0.15) is 0 Å². The van der Waals surface area contributed by atoms with E-state index < -0.39 is 29.1 Å². The Labute approximate surface area is 256 Å². The molecule has 3 aliphatic heterocycles. The third kappa shape index (κ3) is 5.06. The SMILES string of the molecule is CCOC(=O)/C(=C1C=C(/C=C/C2C3(CO3)C(N3CCOCC3)CC3[C@]2(C)CC[C@@H](O)[C@@]3(C)CO)C(=O)O/1)c1cnc(N)nc1. The highest BCUT2D eigenvalue weighted by atomic mass is 16.6. The van der Waals surface area contributed by atoms with E-state index in [-0.39, 0.29) is 59.4 Å². The molecule has 44 heavy (non-hydrogen) atoms. The predicted molar refractivity (Wildman–Crippen MR) is 158 cm³/mol. The van der Waals surface area contributed by atoms with E-state index in [1.54, 1.807) is 13.0 Å². The Hall–Kier alpha value is -3.16. The Morgan fingerprint density at radius 2 is 1.95 bits per heavy atom. The van der Waals surface area contributed by atoms with Crippen LogP contribution in [0.1, 0.15) is 45.6 Å². The first-order valence-corrected chi connectivity index (χ1v) is 15.4. The maximum Gasteiger partial charge on any atom is 0.343 e. The number of nitrogen functional groups attached to an aromatic ring is 1. The van der Waals surface area contributed by atoms with Gasteiger partial charge in [0.1, 0.15) is 16.9 Å². The standard InChI is InChI=1S/C32H42N4O8/c1-4-42-28(40)26(20-15-34-29(33)35-16-20)21-13-19(27(39)44-21)5-6-22-30(2)8-7-25(38)31(3,17-37)23(30)14-24(32(22)18-43-32)36-9-11-41-12-10-36/h5-6,13,15-16,22-25,37-38H,4,7-12,14,17-18H2,1-3H3,(H2,33,34,35)/b6-5+,26-21-/t22?,23?,24?,25-,30-,31+,32?/m1/s1. The van der Waals surface area contributed by atoms with E-state index in [0.29, 0.717) is 31.8 Å². The molecule has 12 heteroatoms. The molecule has 4 heterocycles. The number of carbonyl (C=O) groups is 2. The number of ether oxygens (including phenoxy) is 4. The minimum Gasteiger partial charge on any atom is -0.462 e. The van der Waals surface area contributed by atoms with Gasteiger partial charge in [0, 0.05) is 48.4 Å². The van der Waals surface area contributed by atoms with Crippen molar-refractivity contribution in [3.63, 3.8) is 0 Å². The molecule has 0 amide bonds. The average molecular weight is 611 g/mol. The van der Waals surface area contributed by atoms with Gasteiger partial charge in [-0.05, 0) is 43.6 Å². The lowest BCUT2D eigenvalue weighted by Gasteiger charge is -2.63. The van der Waals surface area contributed by atoms with Crippen molar-refractivity contribution in [1.29, 1.82) is 0 Å². The van der Waals surface area contributed by atoms with Gasteiger partial charge in [-0.3, -0.25) is 4.90 Å². The summed E-state index contributed by atoms with van der Waals surface area (Å²) in [5, 5.41) is 21.8. The Kier molecular flexibility index (Phi) is 8.16. The maximum absolute atomic E-state index is 13.2. The molecule has 1 spiro atoms. The van der Waals surface area contributed by atoms with Crippen LogP contribution < -0.4 is 5.73 Å². The van der Waals surface area contributed by atoms with E-state index in [0.717, 1.165) is 25.9 Å². The third-order valence-electron chi connectivity index (χ3n) is 10.8. The van der Waals surface area contributed by atoms with E-state index in [9.17, 15) is 19.8 Å². The number of esters is 2. The average Bonchev–Trinajstić information content (AvgIpc) is 3.71. The molecule has 1 aromatic rings. The summed E-state index contributed by atoms with van der Waals surface area (Å²) in [6.07, 6.45) is 9.61. The number of epoxide rings is 1. The number of nitrogens with zero attached hydrogens (tertiary/aromatic N) is 3. The molecule has 2 saturated heterocycles. The smallest absolute Gasteiger partial charge is 0.343 e. The van der Waals surface area contributed by atoms with Crippen molar-refractivity contribution in [2.45, 2.75) is 57.8 Å². The second kappa shape index (κ2) is 11.6. The molecule has 238 valence electrons. The predicted octanol–water partition coefficient (Wildman–Crippen LogP) is 1.64. The summed E-state index contributed by atoms with van der Waals surface area (Å²) in [7, 11) is 0. The van der Waals surface area contributed by atoms with Crippen LogP contribution in [0, 0.1) is 22.7 Å². The molecule has 0 aromatic carbocycles. The molecular weight excluding hydrogens is 568 g/mol. The molecule has 7 atom stereocenters. The molecule has 4 unspecified atom stereocenters. The Morgan fingerprint density at radius 3 is 2.59 bits per heavy atom.